The van der Waals surface area contributed by atoms with Crippen LogP contribution in [0.1, 0.15) is 40.4 Å². The molecule has 3 aromatic heterocycles. The third-order valence-electron chi connectivity index (χ3n) is 6.11. The molecule has 2 atom stereocenters. The summed E-state index contributed by atoms with van der Waals surface area (Å²) in [5.74, 6) is 0. The van der Waals surface area contributed by atoms with E-state index in [0.29, 0.717) is 16.7 Å². The van der Waals surface area contributed by atoms with Crippen molar-refractivity contribution in [1.82, 2.24) is 24.8 Å². The SMILES string of the molecule is Cc1cc([C@@H]2[C@H](c3ccccn3)NC(=S)N2Cc2ccccn2)c(C)n1-c1cccc(Cl)c1. The van der Waals surface area contributed by atoms with Crippen molar-refractivity contribution in [2.24, 2.45) is 0 Å². The highest BCUT2D eigenvalue weighted by molar-refractivity contribution is 7.80. The predicted molar refractivity (Wildman–Crippen MR) is 135 cm³/mol. The van der Waals surface area contributed by atoms with E-state index in [1.54, 1.807) is 0 Å². The minimum absolute atomic E-state index is 0.0338. The van der Waals surface area contributed by atoms with E-state index in [1.165, 1.54) is 5.56 Å². The number of hydrogen-bond donors (Lipinski definition) is 1. The Balaban J connectivity index is 1.62. The van der Waals surface area contributed by atoms with Crippen LogP contribution in [0.15, 0.2) is 79.1 Å². The second kappa shape index (κ2) is 8.96. The number of rotatable bonds is 5. The number of nitrogens with zero attached hydrogens (tertiary/aromatic N) is 4. The number of aromatic nitrogens is 3. The summed E-state index contributed by atoms with van der Waals surface area (Å²) in [5.41, 5.74) is 6.46. The van der Waals surface area contributed by atoms with Crippen molar-refractivity contribution in [1.29, 1.82) is 0 Å². The maximum Gasteiger partial charge on any atom is 0.170 e. The van der Waals surface area contributed by atoms with Gasteiger partial charge in [-0.2, -0.15) is 0 Å². The third kappa shape index (κ3) is 4.12. The number of hydrogen-bond acceptors (Lipinski definition) is 3. The maximum absolute atomic E-state index is 6.31. The minimum Gasteiger partial charge on any atom is -0.352 e. The molecule has 0 radical (unpaired) electrons. The Morgan fingerprint density at radius 2 is 1.76 bits per heavy atom. The van der Waals surface area contributed by atoms with Crippen molar-refractivity contribution in [3.05, 3.63) is 112 Å². The number of benzene rings is 1. The molecule has 33 heavy (non-hydrogen) atoms. The molecular formula is C26H24ClN5S. The van der Waals surface area contributed by atoms with E-state index in [2.05, 4.69) is 50.7 Å². The summed E-state index contributed by atoms with van der Waals surface area (Å²) < 4.78 is 2.25. The summed E-state index contributed by atoms with van der Waals surface area (Å²) in [5, 5.41) is 4.95. The molecule has 1 aromatic carbocycles. The van der Waals surface area contributed by atoms with Crippen molar-refractivity contribution >= 4 is 28.9 Å². The Labute approximate surface area is 204 Å². The molecule has 0 spiro atoms. The van der Waals surface area contributed by atoms with Gasteiger partial charge in [0.25, 0.3) is 0 Å². The van der Waals surface area contributed by atoms with E-state index in [4.69, 9.17) is 23.8 Å². The van der Waals surface area contributed by atoms with Crippen LogP contribution >= 0.6 is 23.8 Å². The lowest BCUT2D eigenvalue weighted by molar-refractivity contribution is 0.307. The quantitative estimate of drug-likeness (QED) is 0.376. The smallest absolute Gasteiger partial charge is 0.170 e. The molecule has 1 N–H and O–H groups in total. The Hall–Kier alpha value is -3.22. The molecule has 0 saturated carbocycles. The van der Waals surface area contributed by atoms with Crippen LogP contribution in [0.25, 0.3) is 5.69 Å². The van der Waals surface area contributed by atoms with Gasteiger partial charge >= 0.3 is 0 Å². The van der Waals surface area contributed by atoms with Crippen LogP contribution in [0.4, 0.5) is 0 Å². The molecular weight excluding hydrogens is 450 g/mol. The van der Waals surface area contributed by atoms with Gasteiger partial charge in [0.05, 0.1) is 30.0 Å². The molecule has 166 valence electrons. The Kier molecular flexibility index (Phi) is 5.87. The Bertz CT molecular complexity index is 1290. The average Bonchev–Trinajstić information content (AvgIpc) is 3.30. The van der Waals surface area contributed by atoms with Crippen LogP contribution in [0.3, 0.4) is 0 Å². The zero-order valence-electron chi connectivity index (χ0n) is 18.4. The Morgan fingerprint density at radius 3 is 2.45 bits per heavy atom. The molecule has 4 heterocycles. The fourth-order valence-corrected chi connectivity index (χ4v) is 5.17. The van der Waals surface area contributed by atoms with E-state index in [0.717, 1.165) is 28.5 Å². The van der Waals surface area contributed by atoms with Gasteiger partial charge in [0.2, 0.25) is 0 Å². The highest BCUT2D eigenvalue weighted by atomic mass is 35.5. The van der Waals surface area contributed by atoms with Crippen LogP contribution in [-0.2, 0) is 6.54 Å². The molecule has 1 aliphatic heterocycles. The van der Waals surface area contributed by atoms with Crippen LogP contribution in [0, 0.1) is 13.8 Å². The summed E-state index contributed by atoms with van der Waals surface area (Å²) in [6.07, 6.45) is 3.64. The summed E-state index contributed by atoms with van der Waals surface area (Å²) in [6.45, 7) is 4.89. The Morgan fingerprint density at radius 1 is 0.970 bits per heavy atom. The van der Waals surface area contributed by atoms with Gasteiger partial charge in [-0.15, -0.1) is 0 Å². The number of thiocarbonyl (C=S) groups is 1. The molecule has 7 heteroatoms. The molecule has 1 saturated heterocycles. The normalized spacial score (nSPS) is 17.9. The summed E-state index contributed by atoms with van der Waals surface area (Å²) in [4.78, 5) is 11.4. The molecule has 0 unspecified atom stereocenters. The number of pyridine rings is 2. The van der Waals surface area contributed by atoms with E-state index < -0.39 is 0 Å². The van der Waals surface area contributed by atoms with Gasteiger partial charge < -0.3 is 14.8 Å². The summed E-state index contributed by atoms with van der Waals surface area (Å²) in [6, 6.07) is 22.0. The van der Waals surface area contributed by atoms with Gasteiger partial charge in [-0.3, -0.25) is 9.97 Å². The topological polar surface area (TPSA) is 46.0 Å². The van der Waals surface area contributed by atoms with Crippen molar-refractivity contribution < 1.29 is 0 Å². The fourth-order valence-electron chi connectivity index (χ4n) is 4.68. The third-order valence-corrected chi connectivity index (χ3v) is 6.70. The molecule has 0 amide bonds. The number of aryl methyl sites for hydroxylation is 1. The zero-order valence-corrected chi connectivity index (χ0v) is 20.0. The zero-order chi connectivity index (χ0) is 22.9. The standard InChI is InChI=1S/C26H24ClN5S/c1-17-14-22(18(2)32(17)21-10-7-8-19(27)15-21)25-24(23-11-4-6-13-29-23)30-26(33)31(25)16-20-9-3-5-12-28-20/h3-15,24-25H,16H2,1-2H3,(H,30,33)/t24-,25+/m0/s1. The maximum atomic E-state index is 6.31. The van der Waals surface area contributed by atoms with Gasteiger partial charge in [-0.05, 0) is 80.2 Å². The van der Waals surface area contributed by atoms with Crippen molar-refractivity contribution in [3.63, 3.8) is 0 Å². The largest absolute Gasteiger partial charge is 0.352 e. The van der Waals surface area contributed by atoms with Gasteiger partial charge in [-0.1, -0.05) is 29.8 Å². The highest BCUT2D eigenvalue weighted by Gasteiger charge is 2.41. The lowest BCUT2D eigenvalue weighted by Crippen LogP contribution is -2.29. The van der Waals surface area contributed by atoms with Crippen LogP contribution < -0.4 is 5.32 Å². The lowest BCUT2D eigenvalue weighted by Gasteiger charge is -2.28. The predicted octanol–water partition coefficient (Wildman–Crippen LogP) is 5.71. The average molecular weight is 474 g/mol. The van der Waals surface area contributed by atoms with Crippen molar-refractivity contribution in [2.45, 2.75) is 32.5 Å². The first kappa shape index (κ1) is 21.6. The van der Waals surface area contributed by atoms with Crippen LogP contribution in [0.5, 0.6) is 0 Å². The van der Waals surface area contributed by atoms with Crippen molar-refractivity contribution in [2.75, 3.05) is 0 Å². The lowest BCUT2D eigenvalue weighted by atomic mass is 9.96. The second-order valence-corrected chi connectivity index (χ2v) is 9.04. The van der Waals surface area contributed by atoms with Gasteiger partial charge in [0.1, 0.15) is 0 Å². The molecule has 0 aliphatic carbocycles. The van der Waals surface area contributed by atoms with Gasteiger partial charge in [0.15, 0.2) is 5.11 Å². The molecule has 4 aromatic rings. The first-order valence-corrected chi connectivity index (χ1v) is 11.6. The van der Waals surface area contributed by atoms with Gasteiger partial charge in [-0.25, -0.2) is 0 Å². The fraction of sp³-hybridized carbons (Fsp3) is 0.192. The van der Waals surface area contributed by atoms with Gasteiger partial charge in [0, 0.05) is 34.5 Å². The van der Waals surface area contributed by atoms with E-state index >= 15 is 0 Å². The second-order valence-electron chi connectivity index (χ2n) is 8.22. The number of halogens is 1. The first-order chi connectivity index (χ1) is 16.0. The molecule has 5 nitrogen and oxygen atoms in total. The molecule has 1 aliphatic rings. The monoisotopic (exact) mass is 473 g/mol. The van der Waals surface area contributed by atoms with Crippen LogP contribution in [-0.4, -0.2) is 24.5 Å². The highest BCUT2D eigenvalue weighted by Crippen LogP contribution is 2.42. The van der Waals surface area contributed by atoms with Crippen molar-refractivity contribution in [3.8, 4) is 5.69 Å². The summed E-state index contributed by atoms with van der Waals surface area (Å²) in [7, 11) is 0. The minimum atomic E-state index is -0.0734. The van der Waals surface area contributed by atoms with Crippen LogP contribution in [0.2, 0.25) is 5.02 Å². The van der Waals surface area contributed by atoms with E-state index in [-0.39, 0.29) is 12.1 Å². The summed E-state index contributed by atoms with van der Waals surface area (Å²) >= 11 is 12.1. The van der Waals surface area contributed by atoms with E-state index in [1.807, 2.05) is 67.0 Å². The van der Waals surface area contributed by atoms with E-state index in [9.17, 15) is 0 Å². The number of nitrogens with one attached hydrogen (secondary N) is 1. The first-order valence-electron chi connectivity index (χ1n) is 10.9. The molecule has 0 bridgehead atoms. The molecule has 1 fully saturated rings. The molecule has 5 rings (SSSR count).